The first-order valence-electron chi connectivity index (χ1n) is 7.64. The first-order chi connectivity index (χ1) is 10.2. The number of rotatable bonds is 2. The third-order valence-corrected chi connectivity index (χ3v) is 4.06. The Balaban J connectivity index is 1.61. The van der Waals surface area contributed by atoms with Crippen molar-refractivity contribution in [2.24, 2.45) is 0 Å². The Bertz CT molecular complexity index is 510. The van der Waals surface area contributed by atoms with E-state index in [4.69, 9.17) is 9.47 Å². The summed E-state index contributed by atoms with van der Waals surface area (Å²) in [6, 6.07) is 6.42. The van der Waals surface area contributed by atoms with Crippen LogP contribution in [0.3, 0.4) is 0 Å². The zero-order chi connectivity index (χ0) is 14.7. The SMILES string of the molecule is CC(=O)N1CCC(Nc2ccc3c(c2)OCCCO3)CC1. The molecular weight excluding hydrogens is 268 g/mol. The van der Waals surface area contributed by atoms with Gasteiger partial charge in [0.2, 0.25) is 5.91 Å². The molecule has 1 aromatic carbocycles. The number of anilines is 1. The number of hydrogen-bond acceptors (Lipinski definition) is 4. The minimum atomic E-state index is 0.170. The van der Waals surface area contributed by atoms with Crippen LogP contribution in [0, 0.1) is 0 Å². The molecule has 0 aromatic heterocycles. The van der Waals surface area contributed by atoms with Gasteiger partial charge in [-0.1, -0.05) is 0 Å². The summed E-state index contributed by atoms with van der Waals surface area (Å²) in [5, 5.41) is 3.54. The average molecular weight is 290 g/mol. The van der Waals surface area contributed by atoms with Crippen molar-refractivity contribution in [3.05, 3.63) is 18.2 Å². The maximum Gasteiger partial charge on any atom is 0.219 e. The number of nitrogens with zero attached hydrogens (tertiary/aromatic N) is 1. The Morgan fingerprint density at radius 1 is 1.19 bits per heavy atom. The van der Waals surface area contributed by atoms with Gasteiger partial charge in [0.15, 0.2) is 11.5 Å². The number of hydrogen-bond donors (Lipinski definition) is 1. The molecule has 5 heteroatoms. The van der Waals surface area contributed by atoms with Crippen LogP contribution in [0.4, 0.5) is 5.69 Å². The summed E-state index contributed by atoms with van der Waals surface area (Å²) >= 11 is 0. The predicted molar refractivity (Wildman–Crippen MR) is 80.9 cm³/mol. The fourth-order valence-electron chi connectivity index (χ4n) is 2.83. The van der Waals surface area contributed by atoms with Crippen LogP contribution in [0.25, 0.3) is 0 Å². The molecule has 0 bridgehead atoms. The minimum Gasteiger partial charge on any atom is -0.490 e. The number of carbonyl (C=O) groups is 1. The highest BCUT2D eigenvalue weighted by molar-refractivity contribution is 5.73. The fourth-order valence-corrected chi connectivity index (χ4v) is 2.83. The largest absolute Gasteiger partial charge is 0.490 e. The molecule has 2 aliphatic rings. The maximum absolute atomic E-state index is 11.3. The van der Waals surface area contributed by atoms with Crippen LogP contribution in [-0.2, 0) is 4.79 Å². The van der Waals surface area contributed by atoms with Crippen LogP contribution in [0.1, 0.15) is 26.2 Å². The normalized spacial score (nSPS) is 19.0. The highest BCUT2D eigenvalue weighted by atomic mass is 16.5. The molecule has 0 radical (unpaired) electrons. The first kappa shape index (κ1) is 14.0. The van der Waals surface area contributed by atoms with Crippen molar-refractivity contribution >= 4 is 11.6 Å². The monoisotopic (exact) mass is 290 g/mol. The fraction of sp³-hybridized carbons (Fsp3) is 0.562. The van der Waals surface area contributed by atoms with Gasteiger partial charge in [-0.05, 0) is 25.0 Å². The molecule has 1 fully saturated rings. The Labute approximate surface area is 125 Å². The van der Waals surface area contributed by atoms with E-state index in [-0.39, 0.29) is 5.91 Å². The van der Waals surface area contributed by atoms with Gasteiger partial charge >= 0.3 is 0 Å². The number of carbonyl (C=O) groups excluding carboxylic acids is 1. The third-order valence-electron chi connectivity index (χ3n) is 4.06. The number of benzene rings is 1. The van der Waals surface area contributed by atoms with Gasteiger partial charge in [0, 0.05) is 44.2 Å². The smallest absolute Gasteiger partial charge is 0.219 e. The number of likely N-dealkylation sites (tertiary alicyclic amines) is 1. The molecule has 21 heavy (non-hydrogen) atoms. The topological polar surface area (TPSA) is 50.8 Å². The second kappa shape index (κ2) is 6.24. The van der Waals surface area contributed by atoms with Gasteiger partial charge in [0.05, 0.1) is 13.2 Å². The Kier molecular flexibility index (Phi) is 4.18. The van der Waals surface area contributed by atoms with Crippen molar-refractivity contribution in [3.8, 4) is 11.5 Å². The van der Waals surface area contributed by atoms with E-state index in [0.717, 1.165) is 49.5 Å². The van der Waals surface area contributed by atoms with Crippen molar-refractivity contribution in [1.82, 2.24) is 4.90 Å². The molecular formula is C16H22N2O3. The van der Waals surface area contributed by atoms with Crippen molar-refractivity contribution in [2.75, 3.05) is 31.6 Å². The third kappa shape index (κ3) is 3.40. The van der Waals surface area contributed by atoms with Crippen LogP contribution in [0.2, 0.25) is 0 Å². The van der Waals surface area contributed by atoms with E-state index in [2.05, 4.69) is 5.32 Å². The predicted octanol–water partition coefficient (Wildman–Crippen LogP) is 2.27. The van der Waals surface area contributed by atoms with Crippen LogP contribution in [-0.4, -0.2) is 43.2 Å². The molecule has 0 unspecified atom stereocenters. The molecule has 1 N–H and O–H groups in total. The average Bonchev–Trinajstić information content (AvgIpc) is 2.72. The molecule has 2 aliphatic heterocycles. The van der Waals surface area contributed by atoms with Crippen molar-refractivity contribution in [1.29, 1.82) is 0 Å². The maximum atomic E-state index is 11.3. The lowest BCUT2D eigenvalue weighted by atomic mass is 10.0. The molecule has 0 saturated carbocycles. The second-order valence-electron chi connectivity index (χ2n) is 5.64. The molecule has 3 rings (SSSR count). The highest BCUT2D eigenvalue weighted by Gasteiger charge is 2.21. The van der Waals surface area contributed by atoms with E-state index in [9.17, 15) is 4.79 Å². The Morgan fingerprint density at radius 2 is 1.90 bits per heavy atom. The first-order valence-corrected chi connectivity index (χ1v) is 7.64. The molecule has 0 atom stereocenters. The van der Waals surface area contributed by atoms with Crippen LogP contribution >= 0.6 is 0 Å². The molecule has 1 aromatic rings. The van der Waals surface area contributed by atoms with Gasteiger partial charge in [-0.15, -0.1) is 0 Å². The van der Waals surface area contributed by atoms with E-state index in [1.54, 1.807) is 6.92 Å². The summed E-state index contributed by atoms with van der Waals surface area (Å²) in [4.78, 5) is 13.2. The molecule has 114 valence electrons. The zero-order valence-electron chi connectivity index (χ0n) is 12.4. The molecule has 1 saturated heterocycles. The second-order valence-corrected chi connectivity index (χ2v) is 5.64. The highest BCUT2D eigenvalue weighted by Crippen LogP contribution is 2.32. The summed E-state index contributed by atoms with van der Waals surface area (Å²) in [7, 11) is 0. The van der Waals surface area contributed by atoms with Gasteiger partial charge in [0.1, 0.15) is 0 Å². The summed E-state index contributed by atoms with van der Waals surface area (Å²) in [5.41, 5.74) is 1.06. The van der Waals surface area contributed by atoms with Crippen molar-refractivity contribution < 1.29 is 14.3 Å². The molecule has 2 heterocycles. The van der Waals surface area contributed by atoms with Gasteiger partial charge in [-0.2, -0.15) is 0 Å². The number of ether oxygens (including phenoxy) is 2. The van der Waals surface area contributed by atoms with Gasteiger partial charge in [-0.25, -0.2) is 0 Å². The van der Waals surface area contributed by atoms with E-state index >= 15 is 0 Å². The number of amides is 1. The summed E-state index contributed by atoms with van der Waals surface area (Å²) in [6.45, 7) is 4.71. The number of piperidine rings is 1. The Hall–Kier alpha value is -1.91. The lowest BCUT2D eigenvalue weighted by Gasteiger charge is -2.32. The number of fused-ring (bicyclic) bond motifs is 1. The summed E-state index contributed by atoms with van der Waals surface area (Å²) < 4.78 is 11.3. The molecule has 0 spiro atoms. The molecule has 1 amide bonds. The van der Waals surface area contributed by atoms with Gasteiger partial charge in [0.25, 0.3) is 0 Å². The minimum absolute atomic E-state index is 0.170. The zero-order valence-corrected chi connectivity index (χ0v) is 12.4. The summed E-state index contributed by atoms with van der Waals surface area (Å²) in [5.74, 6) is 1.81. The van der Waals surface area contributed by atoms with E-state index in [1.807, 2.05) is 23.1 Å². The van der Waals surface area contributed by atoms with Crippen molar-refractivity contribution in [3.63, 3.8) is 0 Å². The summed E-state index contributed by atoms with van der Waals surface area (Å²) in [6.07, 6.45) is 2.88. The van der Waals surface area contributed by atoms with Crippen LogP contribution in [0.5, 0.6) is 11.5 Å². The van der Waals surface area contributed by atoms with Gasteiger partial charge < -0.3 is 19.7 Å². The molecule has 5 nitrogen and oxygen atoms in total. The van der Waals surface area contributed by atoms with E-state index in [0.29, 0.717) is 19.3 Å². The van der Waals surface area contributed by atoms with Crippen LogP contribution < -0.4 is 14.8 Å². The van der Waals surface area contributed by atoms with E-state index in [1.165, 1.54) is 0 Å². The Morgan fingerprint density at radius 3 is 2.62 bits per heavy atom. The standard InChI is InChI=1S/C16H22N2O3/c1-12(19)18-7-5-13(6-8-18)17-14-3-4-15-16(11-14)21-10-2-9-20-15/h3-4,11,13,17H,2,5-10H2,1H3. The molecule has 0 aliphatic carbocycles. The van der Waals surface area contributed by atoms with Crippen molar-refractivity contribution in [2.45, 2.75) is 32.2 Å². The lowest BCUT2D eigenvalue weighted by Crippen LogP contribution is -2.41. The van der Waals surface area contributed by atoms with Gasteiger partial charge in [-0.3, -0.25) is 4.79 Å². The van der Waals surface area contributed by atoms with Crippen LogP contribution in [0.15, 0.2) is 18.2 Å². The van der Waals surface area contributed by atoms with E-state index < -0.39 is 0 Å². The lowest BCUT2D eigenvalue weighted by molar-refractivity contribution is -0.129. The number of nitrogens with one attached hydrogen (secondary N) is 1. The quantitative estimate of drug-likeness (QED) is 0.908.